The minimum atomic E-state index is -0.105. The average Bonchev–Trinajstić information content (AvgIpc) is 2.87. The van der Waals surface area contributed by atoms with E-state index >= 15 is 0 Å². The summed E-state index contributed by atoms with van der Waals surface area (Å²) in [7, 11) is 1.60. The number of allylic oxidation sites excluding steroid dienone is 1. The molecule has 0 saturated carbocycles. The Kier molecular flexibility index (Phi) is 8.42. The molecule has 1 aromatic heterocycles. The van der Waals surface area contributed by atoms with Crippen LogP contribution >= 0.6 is 0 Å². The van der Waals surface area contributed by atoms with Crippen molar-refractivity contribution in [1.82, 2.24) is 10.3 Å². The number of benzene rings is 1. The fraction of sp³-hybridized carbons (Fsp3) is 0.500. The molecule has 1 amide bonds. The van der Waals surface area contributed by atoms with Crippen LogP contribution in [0.25, 0.3) is 0 Å². The Bertz CT molecular complexity index is 1060. The number of methoxy groups -OCH3 is 1. The highest BCUT2D eigenvalue weighted by molar-refractivity contribution is 5.97. The van der Waals surface area contributed by atoms with Crippen LogP contribution in [0.5, 0.6) is 5.88 Å². The van der Waals surface area contributed by atoms with Gasteiger partial charge >= 0.3 is 0 Å². The van der Waals surface area contributed by atoms with Crippen molar-refractivity contribution in [2.45, 2.75) is 52.1 Å². The minimum absolute atomic E-state index is 0.0382. The lowest BCUT2D eigenvalue weighted by Crippen LogP contribution is -2.40. The number of pyridine rings is 1. The van der Waals surface area contributed by atoms with Gasteiger partial charge < -0.3 is 24.8 Å². The van der Waals surface area contributed by atoms with Gasteiger partial charge in [-0.15, -0.1) is 0 Å². The SMILES string of the molecule is CCN(c1cccc2c1C/C=C\C(CO)Cc1cc(C)nc(OC)c1CNC2=O)C1CCOCC1. The van der Waals surface area contributed by atoms with E-state index in [0.717, 1.165) is 60.7 Å². The van der Waals surface area contributed by atoms with Gasteiger partial charge in [0, 0.05) is 67.4 Å². The van der Waals surface area contributed by atoms with Crippen LogP contribution in [0, 0.1) is 12.8 Å². The smallest absolute Gasteiger partial charge is 0.251 e. The van der Waals surface area contributed by atoms with Gasteiger partial charge in [0.1, 0.15) is 0 Å². The summed E-state index contributed by atoms with van der Waals surface area (Å²) in [4.78, 5) is 20.4. The van der Waals surface area contributed by atoms with Crippen LogP contribution < -0.4 is 15.0 Å². The second kappa shape index (κ2) is 11.7. The lowest BCUT2D eigenvalue weighted by atomic mass is 9.93. The third-order valence-electron chi connectivity index (χ3n) is 7.05. The summed E-state index contributed by atoms with van der Waals surface area (Å²) in [5.41, 5.74) is 5.53. The van der Waals surface area contributed by atoms with Crippen molar-refractivity contribution in [2.24, 2.45) is 5.92 Å². The molecular weight excluding hydrogens is 442 g/mol. The molecule has 1 aromatic carbocycles. The van der Waals surface area contributed by atoms with Crippen molar-refractivity contribution >= 4 is 11.6 Å². The average molecular weight is 480 g/mol. The molecular formula is C28H37N3O4. The summed E-state index contributed by atoms with van der Waals surface area (Å²) in [6.45, 7) is 6.85. The molecule has 4 rings (SSSR count). The predicted octanol–water partition coefficient (Wildman–Crippen LogP) is 3.60. The Hall–Kier alpha value is -2.90. The third-order valence-corrected chi connectivity index (χ3v) is 7.05. The summed E-state index contributed by atoms with van der Waals surface area (Å²) in [5.74, 6) is 0.374. The lowest BCUT2D eigenvalue weighted by Gasteiger charge is -2.37. The van der Waals surface area contributed by atoms with E-state index in [4.69, 9.17) is 9.47 Å². The van der Waals surface area contributed by atoms with Crippen molar-refractivity contribution < 1.29 is 19.4 Å². The Morgan fingerprint density at radius 2 is 2.06 bits per heavy atom. The van der Waals surface area contributed by atoms with Gasteiger partial charge in [-0.05, 0) is 68.9 Å². The van der Waals surface area contributed by atoms with Gasteiger partial charge in [0.2, 0.25) is 5.88 Å². The first-order valence-corrected chi connectivity index (χ1v) is 12.6. The van der Waals surface area contributed by atoms with Gasteiger partial charge in [-0.1, -0.05) is 18.2 Å². The maximum atomic E-state index is 13.5. The van der Waals surface area contributed by atoms with E-state index in [0.29, 0.717) is 36.9 Å². The van der Waals surface area contributed by atoms with Crippen LogP contribution in [-0.4, -0.2) is 55.5 Å². The van der Waals surface area contributed by atoms with Crippen molar-refractivity contribution in [2.75, 3.05) is 38.4 Å². The number of carbonyl (C=O) groups excluding carboxylic acids is 1. The van der Waals surface area contributed by atoms with Gasteiger partial charge in [-0.2, -0.15) is 0 Å². The monoisotopic (exact) mass is 479 g/mol. The number of ether oxygens (including phenoxy) is 2. The number of aromatic nitrogens is 1. The number of aliphatic hydroxyl groups excluding tert-OH is 1. The number of carbonyl (C=O) groups is 1. The maximum absolute atomic E-state index is 13.5. The summed E-state index contributed by atoms with van der Waals surface area (Å²) in [6.07, 6.45) is 7.41. The number of aryl methyl sites for hydroxylation is 1. The minimum Gasteiger partial charge on any atom is -0.481 e. The van der Waals surface area contributed by atoms with Crippen LogP contribution in [0.1, 0.15) is 52.5 Å². The number of amides is 1. The molecule has 0 radical (unpaired) electrons. The molecule has 1 fully saturated rings. The highest BCUT2D eigenvalue weighted by Crippen LogP contribution is 2.31. The molecule has 2 aliphatic heterocycles. The van der Waals surface area contributed by atoms with Gasteiger partial charge in [0.15, 0.2) is 0 Å². The Morgan fingerprint density at radius 1 is 1.26 bits per heavy atom. The summed E-state index contributed by atoms with van der Waals surface area (Å²) in [5, 5.41) is 13.2. The highest BCUT2D eigenvalue weighted by atomic mass is 16.5. The molecule has 7 nitrogen and oxygen atoms in total. The first-order chi connectivity index (χ1) is 17.0. The zero-order valence-corrected chi connectivity index (χ0v) is 21.0. The number of rotatable bonds is 5. The van der Waals surface area contributed by atoms with E-state index < -0.39 is 0 Å². The fourth-order valence-corrected chi connectivity index (χ4v) is 5.29. The van der Waals surface area contributed by atoms with Crippen molar-refractivity contribution in [3.8, 4) is 5.88 Å². The first-order valence-electron chi connectivity index (χ1n) is 12.6. The predicted molar refractivity (Wildman–Crippen MR) is 137 cm³/mol. The molecule has 1 saturated heterocycles. The summed E-state index contributed by atoms with van der Waals surface area (Å²) >= 11 is 0. The molecule has 188 valence electrons. The lowest BCUT2D eigenvalue weighted by molar-refractivity contribution is 0.0845. The number of nitrogens with one attached hydrogen (secondary N) is 1. The Morgan fingerprint density at radius 3 is 2.77 bits per heavy atom. The van der Waals surface area contributed by atoms with Crippen LogP contribution in [0.2, 0.25) is 0 Å². The number of hydrogen-bond donors (Lipinski definition) is 2. The van der Waals surface area contributed by atoms with E-state index in [1.807, 2.05) is 25.1 Å². The number of fused-ring (bicyclic) bond motifs is 2. The summed E-state index contributed by atoms with van der Waals surface area (Å²) < 4.78 is 11.2. The second-order valence-corrected chi connectivity index (χ2v) is 9.31. The fourth-order valence-electron chi connectivity index (χ4n) is 5.29. The quantitative estimate of drug-likeness (QED) is 0.638. The molecule has 2 aromatic rings. The van der Waals surface area contributed by atoms with Crippen LogP contribution in [-0.2, 0) is 24.1 Å². The molecule has 0 aliphatic carbocycles. The van der Waals surface area contributed by atoms with Crippen LogP contribution in [0.15, 0.2) is 36.4 Å². The number of aliphatic hydroxyl groups is 1. The van der Waals surface area contributed by atoms with E-state index in [2.05, 4.69) is 40.3 Å². The highest BCUT2D eigenvalue weighted by Gasteiger charge is 2.25. The molecule has 3 heterocycles. The molecule has 2 N–H and O–H groups in total. The molecule has 1 unspecified atom stereocenters. The Labute approximate surface area is 208 Å². The topological polar surface area (TPSA) is 83.9 Å². The Balaban J connectivity index is 1.75. The molecule has 0 bridgehead atoms. The first kappa shape index (κ1) is 25.2. The zero-order valence-electron chi connectivity index (χ0n) is 21.0. The van der Waals surface area contributed by atoms with Gasteiger partial charge in [-0.25, -0.2) is 4.98 Å². The standard InChI is InChI=1S/C28H37N3O4/c1-4-31(22-11-13-35-14-12-22)26-10-6-9-24-23(26)8-5-7-20(18-32)16-21-15-19(2)30-28(34-3)25(21)17-29-27(24)33/h5-7,9-10,15,20,22,32H,4,8,11-14,16-18H2,1-3H3,(H,29,33)/b7-5-. The van der Waals surface area contributed by atoms with Crippen molar-refractivity contribution in [3.63, 3.8) is 0 Å². The molecule has 35 heavy (non-hydrogen) atoms. The van der Waals surface area contributed by atoms with Gasteiger partial charge in [0.05, 0.1) is 7.11 Å². The number of hydrogen-bond acceptors (Lipinski definition) is 6. The van der Waals surface area contributed by atoms with Gasteiger partial charge in [0.25, 0.3) is 5.91 Å². The summed E-state index contributed by atoms with van der Waals surface area (Å²) in [6, 6.07) is 8.41. The number of nitrogens with zero attached hydrogens (tertiary/aromatic N) is 2. The maximum Gasteiger partial charge on any atom is 0.251 e. The third kappa shape index (κ3) is 5.68. The van der Waals surface area contributed by atoms with Crippen molar-refractivity contribution in [1.29, 1.82) is 0 Å². The molecule has 2 aliphatic rings. The normalized spacial score (nSPS) is 20.0. The van der Waals surface area contributed by atoms with Gasteiger partial charge in [-0.3, -0.25) is 4.79 Å². The van der Waals surface area contributed by atoms with Crippen molar-refractivity contribution in [3.05, 3.63) is 64.4 Å². The van der Waals surface area contributed by atoms with Crippen LogP contribution in [0.3, 0.4) is 0 Å². The molecule has 0 spiro atoms. The van der Waals surface area contributed by atoms with E-state index in [1.165, 1.54) is 0 Å². The molecule has 7 heteroatoms. The second-order valence-electron chi connectivity index (χ2n) is 9.31. The van der Waals surface area contributed by atoms with E-state index in [9.17, 15) is 9.90 Å². The van der Waals surface area contributed by atoms with Crippen LogP contribution in [0.4, 0.5) is 5.69 Å². The largest absolute Gasteiger partial charge is 0.481 e. The van der Waals surface area contributed by atoms with E-state index in [1.54, 1.807) is 7.11 Å². The van der Waals surface area contributed by atoms with E-state index in [-0.39, 0.29) is 18.4 Å². The number of anilines is 1. The molecule has 1 atom stereocenters. The zero-order chi connectivity index (χ0) is 24.8.